The van der Waals surface area contributed by atoms with Crippen LogP contribution in [-0.2, 0) is 13.0 Å². The molecule has 1 heterocycles. The van der Waals surface area contributed by atoms with Gasteiger partial charge in [-0.1, -0.05) is 42.5 Å². The molecule has 0 aliphatic carbocycles. The van der Waals surface area contributed by atoms with Gasteiger partial charge in [-0.3, -0.25) is 4.90 Å². The monoisotopic (exact) mass is 284 g/mol. The fraction of sp³-hybridized carbons (Fsp3) is 0.333. The molecule has 0 fully saturated rings. The van der Waals surface area contributed by atoms with E-state index < -0.39 is 0 Å². The maximum absolute atomic E-state index is 14.1. The molecule has 0 aromatic heterocycles. The molecule has 1 aliphatic heterocycles. The lowest BCUT2D eigenvalue weighted by molar-refractivity contribution is 0.192. The number of aryl methyl sites for hydroxylation is 1. The van der Waals surface area contributed by atoms with Crippen molar-refractivity contribution in [2.24, 2.45) is 5.73 Å². The highest BCUT2D eigenvalue weighted by molar-refractivity contribution is 5.29. The second-order valence-electron chi connectivity index (χ2n) is 5.62. The minimum Gasteiger partial charge on any atom is -0.329 e. The molecule has 1 unspecified atom stereocenters. The van der Waals surface area contributed by atoms with Crippen LogP contribution >= 0.6 is 0 Å². The number of nitrogens with two attached hydrogens (primary N) is 1. The number of halogens is 1. The fourth-order valence-corrected chi connectivity index (χ4v) is 3.21. The minimum absolute atomic E-state index is 0.0580. The van der Waals surface area contributed by atoms with Gasteiger partial charge in [-0.2, -0.15) is 0 Å². The van der Waals surface area contributed by atoms with Crippen LogP contribution in [0.1, 0.15) is 29.2 Å². The molecular formula is C18H21FN2. The van der Waals surface area contributed by atoms with E-state index in [-0.39, 0.29) is 11.9 Å². The standard InChI is InChI=1S/C18H21FN2/c19-17-10-4-3-9-16(17)18(12-20)21-11-5-8-14-6-1-2-7-15(14)13-21/h1-4,6-7,9-10,18H,5,8,11-13,20H2. The third-order valence-electron chi connectivity index (χ3n) is 4.31. The first-order chi connectivity index (χ1) is 10.3. The number of hydrogen-bond donors (Lipinski definition) is 1. The molecule has 1 atom stereocenters. The Morgan fingerprint density at radius 2 is 1.76 bits per heavy atom. The van der Waals surface area contributed by atoms with Gasteiger partial charge in [-0.25, -0.2) is 4.39 Å². The molecule has 1 aliphatic rings. The Morgan fingerprint density at radius 3 is 2.52 bits per heavy atom. The van der Waals surface area contributed by atoms with Crippen LogP contribution < -0.4 is 5.73 Å². The molecule has 0 amide bonds. The van der Waals surface area contributed by atoms with E-state index in [2.05, 4.69) is 29.2 Å². The maximum atomic E-state index is 14.1. The van der Waals surface area contributed by atoms with Gasteiger partial charge in [0.1, 0.15) is 5.82 Å². The zero-order chi connectivity index (χ0) is 14.7. The largest absolute Gasteiger partial charge is 0.329 e. The zero-order valence-electron chi connectivity index (χ0n) is 12.1. The summed E-state index contributed by atoms with van der Waals surface area (Å²) in [4.78, 5) is 2.31. The van der Waals surface area contributed by atoms with Gasteiger partial charge in [0.2, 0.25) is 0 Å². The molecule has 2 aromatic carbocycles. The number of benzene rings is 2. The molecule has 3 heteroatoms. The first-order valence-corrected chi connectivity index (χ1v) is 7.55. The van der Waals surface area contributed by atoms with Gasteiger partial charge in [0.05, 0.1) is 6.04 Å². The van der Waals surface area contributed by atoms with E-state index in [1.807, 2.05) is 12.1 Å². The summed E-state index contributed by atoms with van der Waals surface area (Å²) in [6.07, 6.45) is 2.17. The molecule has 0 radical (unpaired) electrons. The summed E-state index contributed by atoms with van der Waals surface area (Å²) < 4.78 is 14.1. The van der Waals surface area contributed by atoms with Gasteiger partial charge in [0.15, 0.2) is 0 Å². The van der Waals surface area contributed by atoms with Gasteiger partial charge >= 0.3 is 0 Å². The van der Waals surface area contributed by atoms with Crippen molar-refractivity contribution in [3.8, 4) is 0 Å². The summed E-state index contributed by atoms with van der Waals surface area (Å²) in [5, 5.41) is 0. The minimum atomic E-state index is -0.162. The van der Waals surface area contributed by atoms with Crippen LogP contribution in [0.25, 0.3) is 0 Å². The summed E-state index contributed by atoms with van der Waals surface area (Å²) >= 11 is 0. The number of nitrogens with zero attached hydrogens (tertiary/aromatic N) is 1. The molecule has 0 spiro atoms. The molecule has 2 N–H and O–H groups in total. The van der Waals surface area contributed by atoms with Crippen LogP contribution in [-0.4, -0.2) is 18.0 Å². The Kier molecular flexibility index (Phi) is 4.32. The van der Waals surface area contributed by atoms with Gasteiger partial charge in [0.25, 0.3) is 0 Å². The Balaban J connectivity index is 1.90. The third-order valence-corrected chi connectivity index (χ3v) is 4.31. The molecule has 0 saturated heterocycles. The van der Waals surface area contributed by atoms with Crippen LogP contribution in [0, 0.1) is 5.82 Å². The van der Waals surface area contributed by atoms with Gasteiger partial charge < -0.3 is 5.73 Å². The summed E-state index contributed by atoms with van der Waals surface area (Å²) in [6.45, 7) is 2.22. The van der Waals surface area contributed by atoms with Gasteiger partial charge in [0, 0.05) is 18.7 Å². The predicted molar refractivity (Wildman–Crippen MR) is 83.4 cm³/mol. The Morgan fingerprint density at radius 1 is 1.05 bits per heavy atom. The van der Waals surface area contributed by atoms with E-state index in [0.29, 0.717) is 12.1 Å². The highest BCUT2D eigenvalue weighted by atomic mass is 19.1. The summed E-state index contributed by atoms with van der Waals surface area (Å²) in [5.74, 6) is -0.162. The van der Waals surface area contributed by atoms with Crippen molar-refractivity contribution in [2.75, 3.05) is 13.1 Å². The molecule has 3 rings (SSSR count). The second-order valence-corrected chi connectivity index (χ2v) is 5.62. The van der Waals surface area contributed by atoms with Crippen LogP contribution in [0.5, 0.6) is 0 Å². The summed E-state index contributed by atoms with van der Waals surface area (Å²) in [7, 11) is 0. The third kappa shape index (κ3) is 2.99. The lowest BCUT2D eigenvalue weighted by Gasteiger charge is -2.30. The number of fused-ring (bicyclic) bond motifs is 1. The topological polar surface area (TPSA) is 29.3 Å². The van der Waals surface area contributed by atoms with Gasteiger partial charge in [-0.05, 0) is 36.6 Å². The molecular weight excluding hydrogens is 263 g/mol. The average molecular weight is 284 g/mol. The normalized spacial score (nSPS) is 17.0. The molecule has 2 nitrogen and oxygen atoms in total. The Bertz CT molecular complexity index is 612. The van der Waals surface area contributed by atoms with E-state index in [1.165, 1.54) is 17.2 Å². The second kappa shape index (κ2) is 6.37. The highest BCUT2D eigenvalue weighted by Crippen LogP contribution is 2.28. The van der Waals surface area contributed by atoms with Crippen LogP contribution in [0.15, 0.2) is 48.5 Å². The average Bonchev–Trinajstić information content (AvgIpc) is 2.72. The zero-order valence-corrected chi connectivity index (χ0v) is 12.1. The quantitative estimate of drug-likeness (QED) is 0.937. The van der Waals surface area contributed by atoms with Crippen molar-refractivity contribution in [3.63, 3.8) is 0 Å². The fourth-order valence-electron chi connectivity index (χ4n) is 3.21. The maximum Gasteiger partial charge on any atom is 0.128 e. The van der Waals surface area contributed by atoms with Crippen molar-refractivity contribution in [1.29, 1.82) is 0 Å². The van der Waals surface area contributed by atoms with Crippen molar-refractivity contribution >= 4 is 0 Å². The molecule has 0 bridgehead atoms. The van der Waals surface area contributed by atoms with Gasteiger partial charge in [-0.15, -0.1) is 0 Å². The first kappa shape index (κ1) is 14.2. The summed E-state index contributed by atoms with van der Waals surface area (Å²) in [6, 6.07) is 15.4. The van der Waals surface area contributed by atoms with E-state index in [1.54, 1.807) is 6.07 Å². The van der Waals surface area contributed by atoms with E-state index in [0.717, 1.165) is 25.9 Å². The van der Waals surface area contributed by atoms with E-state index in [9.17, 15) is 4.39 Å². The van der Waals surface area contributed by atoms with Crippen molar-refractivity contribution in [3.05, 3.63) is 71.0 Å². The van der Waals surface area contributed by atoms with Crippen LogP contribution in [0.3, 0.4) is 0 Å². The number of rotatable bonds is 3. The van der Waals surface area contributed by atoms with Crippen molar-refractivity contribution in [2.45, 2.75) is 25.4 Å². The Labute approximate surface area is 125 Å². The van der Waals surface area contributed by atoms with E-state index in [4.69, 9.17) is 5.73 Å². The van der Waals surface area contributed by atoms with E-state index >= 15 is 0 Å². The molecule has 2 aromatic rings. The lowest BCUT2D eigenvalue weighted by atomic mass is 10.0. The molecule has 110 valence electrons. The summed E-state index contributed by atoms with van der Waals surface area (Å²) in [5.41, 5.74) is 9.42. The predicted octanol–water partition coefficient (Wildman–Crippen LogP) is 3.27. The SMILES string of the molecule is NCC(c1ccccc1F)N1CCCc2ccccc2C1. The lowest BCUT2D eigenvalue weighted by Crippen LogP contribution is -2.34. The first-order valence-electron chi connectivity index (χ1n) is 7.55. The number of hydrogen-bond acceptors (Lipinski definition) is 2. The van der Waals surface area contributed by atoms with Crippen LogP contribution in [0.4, 0.5) is 4.39 Å². The van der Waals surface area contributed by atoms with Crippen molar-refractivity contribution in [1.82, 2.24) is 4.90 Å². The van der Waals surface area contributed by atoms with Crippen molar-refractivity contribution < 1.29 is 4.39 Å². The van der Waals surface area contributed by atoms with Crippen LogP contribution in [0.2, 0.25) is 0 Å². The smallest absolute Gasteiger partial charge is 0.128 e. The Hall–Kier alpha value is -1.71. The highest BCUT2D eigenvalue weighted by Gasteiger charge is 2.24. The molecule has 0 saturated carbocycles. The molecule has 21 heavy (non-hydrogen) atoms.